The SMILES string of the molecule is CCC(CNC(=O)c1cc(Cl)ccc1OC)C(=O)O. The van der Waals surface area contributed by atoms with E-state index in [0.717, 1.165) is 0 Å². The summed E-state index contributed by atoms with van der Waals surface area (Å²) in [6, 6.07) is 4.69. The Bertz CT molecular complexity index is 476. The monoisotopic (exact) mass is 285 g/mol. The third-order valence-corrected chi connectivity index (χ3v) is 2.99. The van der Waals surface area contributed by atoms with Crippen molar-refractivity contribution in [2.75, 3.05) is 13.7 Å². The van der Waals surface area contributed by atoms with Gasteiger partial charge < -0.3 is 15.2 Å². The molecule has 1 aromatic rings. The summed E-state index contributed by atoms with van der Waals surface area (Å²) in [5.41, 5.74) is 0.287. The van der Waals surface area contributed by atoms with Crippen LogP contribution in [0.1, 0.15) is 23.7 Å². The molecule has 19 heavy (non-hydrogen) atoms. The molecule has 0 aliphatic rings. The highest BCUT2D eigenvalue weighted by atomic mass is 35.5. The van der Waals surface area contributed by atoms with Gasteiger partial charge in [-0.25, -0.2) is 0 Å². The van der Waals surface area contributed by atoms with E-state index in [-0.39, 0.29) is 12.1 Å². The normalized spacial score (nSPS) is 11.7. The molecular weight excluding hydrogens is 270 g/mol. The molecule has 0 spiro atoms. The van der Waals surface area contributed by atoms with Crippen LogP contribution in [0, 0.1) is 5.92 Å². The van der Waals surface area contributed by atoms with Crippen molar-refractivity contribution in [3.8, 4) is 5.75 Å². The van der Waals surface area contributed by atoms with Crippen LogP contribution in [0.4, 0.5) is 0 Å². The van der Waals surface area contributed by atoms with E-state index in [1.807, 2.05) is 0 Å². The molecule has 0 fully saturated rings. The quantitative estimate of drug-likeness (QED) is 0.840. The number of ether oxygens (including phenoxy) is 1. The molecule has 2 N–H and O–H groups in total. The van der Waals surface area contributed by atoms with Crippen molar-refractivity contribution in [1.82, 2.24) is 5.32 Å². The highest BCUT2D eigenvalue weighted by molar-refractivity contribution is 6.31. The zero-order chi connectivity index (χ0) is 14.4. The molecule has 0 heterocycles. The highest BCUT2D eigenvalue weighted by Crippen LogP contribution is 2.22. The second-order valence-electron chi connectivity index (χ2n) is 4.00. The molecular formula is C13H16ClNO4. The average Bonchev–Trinajstić information content (AvgIpc) is 2.38. The van der Waals surface area contributed by atoms with Crippen molar-refractivity contribution < 1.29 is 19.4 Å². The lowest BCUT2D eigenvalue weighted by Gasteiger charge is -2.13. The lowest BCUT2D eigenvalue weighted by molar-refractivity contribution is -0.141. The van der Waals surface area contributed by atoms with Gasteiger partial charge in [0.15, 0.2) is 0 Å². The van der Waals surface area contributed by atoms with E-state index in [1.54, 1.807) is 19.1 Å². The minimum atomic E-state index is -0.930. The number of hydrogen-bond donors (Lipinski definition) is 2. The smallest absolute Gasteiger partial charge is 0.308 e. The van der Waals surface area contributed by atoms with E-state index in [9.17, 15) is 9.59 Å². The van der Waals surface area contributed by atoms with Gasteiger partial charge in [0.1, 0.15) is 5.75 Å². The maximum atomic E-state index is 12.0. The Balaban J connectivity index is 2.78. The largest absolute Gasteiger partial charge is 0.496 e. The van der Waals surface area contributed by atoms with Crippen molar-refractivity contribution in [2.45, 2.75) is 13.3 Å². The Labute approximate surface area is 116 Å². The van der Waals surface area contributed by atoms with E-state index in [4.69, 9.17) is 21.4 Å². The van der Waals surface area contributed by atoms with Gasteiger partial charge in [-0.2, -0.15) is 0 Å². The van der Waals surface area contributed by atoms with Crippen molar-refractivity contribution in [3.63, 3.8) is 0 Å². The standard InChI is InChI=1S/C13H16ClNO4/c1-3-8(13(17)18)7-15-12(16)10-6-9(14)4-5-11(10)19-2/h4-6,8H,3,7H2,1-2H3,(H,15,16)(H,17,18). The Morgan fingerprint density at radius 3 is 2.68 bits per heavy atom. The Morgan fingerprint density at radius 2 is 2.16 bits per heavy atom. The van der Waals surface area contributed by atoms with Crippen molar-refractivity contribution >= 4 is 23.5 Å². The molecule has 0 aromatic heterocycles. The van der Waals surface area contributed by atoms with Crippen molar-refractivity contribution in [1.29, 1.82) is 0 Å². The Kier molecular flexibility index (Phi) is 5.63. The Morgan fingerprint density at radius 1 is 1.47 bits per heavy atom. The lowest BCUT2D eigenvalue weighted by atomic mass is 10.1. The summed E-state index contributed by atoms with van der Waals surface area (Å²) in [7, 11) is 1.45. The molecule has 0 aliphatic heterocycles. The minimum Gasteiger partial charge on any atom is -0.496 e. The van der Waals surface area contributed by atoms with Crippen molar-refractivity contribution in [2.24, 2.45) is 5.92 Å². The Hall–Kier alpha value is -1.75. The van der Waals surface area contributed by atoms with Gasteiger partial charge in [0.2, 0.25) is 0 Å². The van der Waals surface area contributed by atoms with E-state index in [0.29, 0.717) is 17.2 Å². The molecule has 1 unspecified atom stereocenters. The predicted octanol–water partition coefficient (Wildman–Crippen LogP) is 2.19. The topological polar surface area (TPSA) is 75.6 Å². The number of carboxylic acids is 1. The van der Waals surface area contributed by atoms with Crippen LogP contribution in [0.15, 0.2) is 18.2 Å². The van der Waals surface area contributed by atoms with Gasteiger partial charge >= 0.3 is 5.97 Å². The minimum absolute atomic E-state index is 0.0698. The number of carbonyl (C=O) groups is 2. The summed E-state index contributed by atoms with van der Waals surface area (Å²) in [6.07, 6.45) is 0.447. The fraction of sp³-hybridized carbons (Fsp3) is 0.385. The molecule has 0 saturated carbocycles. The lowest BCUT2D eigenvalue weighted by Crippen LogP contribution is -2.32. The first-order chi connectivity index (χ1) is 8.99. The first kappa shape index (κ1) is 15.3. The molecule has 0 aliphatic carbocycles. The van der Waals surface area contributed by atoms with Crippen LogP contribution in [-0.4, -0.2) is 30.6 Å². The van der Waals surface area contributed by atoms with Gasteiger partial charge in [-0.3, -0.25) is 9.59 Å². The number of benzene rings is 1. The van der Waals surface area contributed by atoms with Gasteiger partial charge in [0.25, 0.3) is 5.91 Å². The molecule has 6 heteroatoms. The van der Waals surface area contributed by atoms with Gasteiger partial charge in [0, 0.05) is 11.6 Å². The van der Waals surface area contributed by atoms with E-state index < -0.39 is 17.8 Å². The number of carboxylic acid groups (broad SMARTS) is 1. The number of methoxy groups -OCH3 is 1. The summed E-state index contributed by atoms with van der Waals surface area (Å²) < 4.78 is 5.07. The van der Waals surface area contributed by atoms with E-state index >= 15 is 0 Å². The summed E-state index contributed by atoms with van der Waals surface area (Å²) in [5.74, 6) is -1.54. The summed E-state index contributed by atoms with van der Waals surface area (Å²) in [4.78, 5) is 22.8. The number of hydrogen-bond acceptors (Lipinski definition) is 3. The first-order valence-corrected chi connectivity index (χ1v) is 6.22. The molecule has 1 aromatic carbocycles. The zero-order valence-corrected chi connectivity index (χ0v) is 11.5. The van der Waals surface area contributed by atoms with E-state index in [2.05, 4.69) is 5.32 Å². The molecule has 5 nitrogen and oxygen atoms in total. The third kappa shape index (κ3) is 4.13. The van der Waals surface area contributed by atoms with Crippen LogP contribution in [0.25, 0.3) is 0 Å². The molecule has 0 bridgehead atoms. The zero-order valence-electron chi connectivity index (χ0n) is 10.8. The van der Waals surface area contributed by atoms with Crippen LogP contribution in [0.3, 0.4) is 0 Å². The molecule has 1 amide bonds. The number of rotatable bonds is 6. The van der Waals surface area contributed by atoms with Crippen molar-refractivity contribution in [3.05, 3.63) is 28.8 Å². The van der Waals surface area contributed by atoms with Crippen LogP contribution < -0.4 is 10.1 Å². The molecule has 1 rings (SSSR count). The van der Waals surface area contributed by atoms with Gasteiger partial charge in [-0.15, -0.1) is 0 Å². The maximum absolute atomic E-state index is 12.0. The summed E-state index contributed by atoms with van der Waals surface area (Å²) >= 11 is 5.83. The molecule has 0 saturated heterocycles. The second-order valence-corrected chi connectivity index (χ2v) is 4.43. The predicted molar refractivity (Wildman–Crippen MR) is 71.8 cm³/mol. The number of nitrogens with one attached hydrogen (secondary N) is 1. The highest BCUT2D eigenvalue weighted by Gasteiger charge is 2.18. The van der Waals surface area contributed by atoms with Crippen LogP contribution in [0.5, 0.6) is 5.75 Å². The second kappa shape index (κ2) is 6.99. The van der Waals surface area contributed by atoms with Gasteiger partial charge in [-0.1, -0.05) is 18.5 Å². The van der Waals surface area contributed by atoms with Crippen LogP contribution >= 0.6 is 11.6 Å². The van der Waals surface area contributed by atoms with Gasteiger partial charge in [0.05, 0.1) is 18.6 Å². The number of halogens is 1. The molecule has 104 valence electrons. The summed E-state index contributed by atoms with van der Waals surface area (Å²) in [5, 5.41) is 11.9. The molecule has 1 atom stereocenters. The third-order valence-electron chi connectivity index (χ3n) is 2.76. The maximum Gasteiger partial charge on any atom is 0.308 e. The van der Waals surface area contributed by atoms with Gasteiger partial charge in [-0.05, 0) is 24.6 Å². The number of amides is 1. The molecule has 0 radical (unpaired) electrons. The average molecular weight is 286 g/mol. The number of aliphatic carboxylic acids is 1. The summed E-state index contributed by atoms with van der Waals surface area (Å²) in [6.45, 7) is 1.82. The van der Waals surface area contributed by atoms with Crippen LogP contribution in [0.2, 0.25) is 5.02 Å². The van der Waals surface area contributed by atoms with Crippen LogP contribution in [-0.2, 0) is 4.79 Å². The van der Waals surface area contributed by atoms with E-state index in [1.165, 1.54) is 13.2 Å². The fourth-order valence-corrected chi connectivity index (χ4v) is 1.75. The number of carbonyl (C=O) groups excluding carboxylic acids is 1. The first-order valence-electron chi connectivity index (χ1n) is 5.84. The fourth-order valence-electron chi connectivity index (χ4n) is 1.58.